The second-order valence-electron chi connectivity index (χ2n) is 3.69. The van der Waals surface area contributed by atoms with Crippen LogP contribution < -0.4 is 5.32 Å². The third-order valence-corrected chi connectivity index (χ3v) is 3.22. The van der Waals surface area contributed by atoms with Crippen molar-refractivity contribution in [1.82, 2.24) is 5.32 Å². The topological polar surface area (TPSA) is 29.1 Å². The van der Waals surface area contributed by atoms with Crippen LogP contribution in [0.5, 0.6) is 0 Å². The van der Waals surface area contributed by atoms with Gasteiger partial charge >= 0.3 is 0 Å². The molecule has 16 heavy (non-hydrogen) atoms. The maximum absolute atomic E-state index is 11.8. The van der Waals surface area contributed by atoms with E-state index in [4.69, 9.17) is 23.2 Å². The highest BCUT2D eigenvalue weighted by atomic mass is 35.5. The molecule has 1 aliphatic heterocycles. The first kappa shape index (κ1) is 11.5. The highest BCUT2D eigenvalue weighted by Gasteiger charge is 2.10. The molecule has 2 nitrogen and oxygen atoms in total. The van der Waals surface area contributed by atoms with Crippen LogP contribution in [0.4, 0.5) is 0 Å². The Morgan fingerprint density at radius 1 is 1.31 bits per heavy atom. The summed E-state index contributed by atoms with van der Waals surface area (Å²) in [5, 5.41) is 4.03. The third-order valence-electron chi connectivity index (χ3n) is 2.48. The van der Waals surface area contributed by atoms with Gasteiger partial charge in [-0.25, -0.2) is 0 Å². The van der Waals surface area contributed by atoms with E-state index in [9.17, 15) is 4.79 Å². The van der Waals surface area contributed by atoms with Crippen LogP contribution in [0.3, 0.4) is 0 Å². The minimum absolute atomic E-state index is 0.0389. The molecule has 2 rings (SSSR count). The Balaban J connectivity index is 2.20. The van der Waals surface area contributed by atoms with Crippen molar-refractivity contribution in [3.05, 3.63) is 45.6 Å². The molecular weight excluding hydrogens is 245 g/mol. The van der Waals surface area contributed by atoms with Gasteiger partial charge < -0.3 is 5.32 Å². The monoisotopic (exact) mass is 255 g/mol. The minimum atomic E-state index is -0.0389. The maximum Gasteiger partial charge on any atom is 0.187 e. The van der Waals surface area contributed by atoms with Gasteiger partial charge in [-0.1, -0.05) is 23.2 Å². The number of hydrogen-bond donors (Lipinski definition) is 1. The number of halogens is 2. The van der Waals surface area contributed by atoms with Gasteiger partial charge in [0.2, 0.25) is 0 Å². The van der Waals surface area contributed by atoms with Crippen molar-refractivity contribution in [2.45, 2.75) is 12.8 Å². The van der Waals surface area contributed by atoms with E-state index in [2.05, 4.69) is 5.32 Å². The first-order chi connectivity index (χ1) is 7.66. The van der Waals surface area contributed by atoms with Gasteiger partial charge in [0.25, 0.3) is 0 Å². The van der Waals surface area contributed by atoms with E-state index in [-0.39, 0.29) is 5.78 Å². The summed E-state index contributed by atoms with van der Waals surface area (Å²) in [5.41, 5.74) is 1.56. The first-order valence-electron chi connectivity index (χ1n) is 5.10. The number of carbonyl (C=O) groups excluding carboxylic acids is 1. The fourth-order valence-corrected chi connectivity index (χ4v) is 1.93. The molecule has 0 spiro atoms. The van der Waals surface area contributed by atoms with Gasteiger partial charge in [-0.05, 0) is 31.0 Å². The summed E-state index contributed by atoms with van der Waals surface area (Å²) in [5.74, 6) is -0.0389. The lowest BCUT2D eigenvalue weighted by atomic mass is 10.1. The SMILES string of the molecule is O=C(C=C1CCCN1)c1ccc(Cl)c(Cl)c1. The van der Waals surface area contributed by atoms with Crippen LogP contribution in [0.15, 0.2) is 30.0 Å². The minimum Gasteiger partial charge on any atom is -0.388 e. The molecule has 4 heteroatoms. The molecule has 0 atom stereocenters. The van der Waals surface area contributed by atoms with Gasteiger partial charge in [0.05, 0.1) is 10.0 Å². The summed E-state index contributed by atoms with van der Waals surface area (Å²) in [4.78, 5) is 11.8. The molecule has 0 radical (unpaired) electrons. The fraction of sp³-hybridized carbons (Fsp3) is 0.250. The predicted molar refractivity (Wildman–Crippen MR) is 66.1 cm³/mol. The van der Waals surface area contributed by atoms with Crippen molar-refractivity contribution < 1.29 is 4.79 Å². The lowest BCUT2D eigenvalue weighted by Crippen LogP contribution is -2.06. The average molecular weight is 256 g/mol. The first-order valence-corrected chi connectivity index (χ1v) is 5.86. The molecule has 0 saturated carbocycles. The number of allylic oxidation sites excluding steroid dienone is 2. The lowest BCUT2D eigenvalue weighted by Gasteiger charge is -2.01. The van der Waals surface area contributed by atoms with Crippen LogP contribution in [0.1, 0.15) is 23.2 Å². The second-order valence-corrected chi connectivity index (χ2v) is 4.51. The van der Waals surface area contributed by atoms with Gasteiger partial charge in [0.1, 0.15) is 0 Å². The molecule has 0 amide bonds. The molecule has 1 saturated heterocycles. The summed E-state index contributed by atoms with van der Waals surface area (Å²) < 4.78 is 0. The zero-order valence-corrected chi connectivity index (χ0v) is 10.1. The maximum atomic E-state index is 11.8. The molecule has 1 heterocycles. The van der Waals surface area contributed by atoms with Crippen molar-refractivity contribution in [2.24, 2.45) is 0 Å². The number of nitrogens with one attached hydrogen (secondary N) is 1. The molecule has 84 valence electrons. The smallest absolute Gasteiger partial charge is 0.187 e. The van der Waals surface area contributed by atoms with Gasteiger partial charge in [-0.3, -0.25) is 4.79 Å². The zero-order chi connectivity index (χ0) is 11.5. The van der Waals surface area contributed by atoms with E-state index in [1.807, 2.05) is 0 Å². The summed E-state index contributed by atoms with van der Waals surface area (Å²) >= 11 is 11.6. The van der Waals surface area contributed by atoms with Gasteiger partial charge in [-0.15, -0.1) is 0 Å². The molecule has 0 aromatic heterocycles. The normalized spacial score (nSPS) is 17.5. The standard InChI is InChI=1S/C12H11Cl2NO/c13-10-4-3-8(6-11(10)14)12(16)7-9-2-1-5-15-9/h3-4,6-7,15H,1-2,5H2. The predicted octanol–water partition coefficient (Wildman–Crippen LogP) is 3.44. The van der Waals surface area contributed by atoms with E-state index < -0.39 is 0 Å². The molecule has 0 aliphatic carbocycles. The van der Waals surface area contributed by atoms with Crippen molar-refractivity contribution in [2.75, 3.05) is 6.54 Å². The van der Waals surface area contributed by atoms with Crippen molar-refractivity contribution >= 4 is 29.0 Å². The Bertz CT molecular complexity index is 446. The van der Waals surface area contributed by atoms with Gasteiger partial charge in [0, 0.05) is 23.9 Å². The Kier molecular flexibility index (Phi) is 3.52. The Labute approximate surface area is 104 Å². The van der Waals surface area contributed by atoms with Crippen LogP contribution in [0.25, 0.3) is 0 Å². The number of ketones is 1. The Morgan fingerprint density at radius 3 is 2.75 bits per heavy atom. The highest BCUT2D eigenvalue weighted by Crippen LogP contribution is 2.23. The third kappa shape index (κ3) is 2.57. The Morgan fingerprint density at radius 2 is 2.12 bits per heavy atom. The zero-order valence-electron chi connectivity index (χ0n) is 8.59. The van der Waals surface area contributed by atoms with E-state index in [1.165, 1.54) is 0 Å². The van der Waals surface area contributed by atoms with E-state index in [0.29, 0.717) is 15.6 Å². The van der Waals surface area contributed by atoms with Crippen molar-refractivity contribution in [1.29, 1.82) is 0 Å². The number of hydrogen-bond acceptors (Lipinski definition) is 2. The van der Waals surface area contributed by atoms with Crippen LogP contribution in [0.2, 0.25) is 10.0 Å². The van der Waals surface area contributed by atoms with E-state index in [0.717, 1.165) is 25.1 Å². The van der Waals surface area contributed by atoms with Crippen molar-refractivity contribution in [3.63, 3.8) is 0 Å². The second kappa shape index (κ2) is 4.89. The van der Waals surface area contributed by atoms with E-state index >= 15 is 0 Å². The summed E-state index contributed by atoms with van der Waals surface area (Å²) in [6, 6.07) is 4.92. The van der Waals surface area contributed by atoms with Crippen LogP contribution in [-0.4, -0.2) is 12.3 Å². The van der Waals surface area contributed by atoms with Gasteiger partial charge in [-0.2, -0.15) is 0 Å². The number of rotatable bonds is 2. The number of benzene rings is 1. The van der Waals surface area contributed by atoms with Crippen LogP contribution >= 0.6 is 23.2 Å². The van der Waals surface area contributed by atoms with Crippen LogP contribution in [0, 0.1) is 0 Å². The lowest BCUT2D eigenvalue weighted by molar-refractivity contribution is 0.104. The molecule has 0 unspecified atom stereocenters. The average Bonchev–Trinajstić information content (AvgIpc) is 2.74. The highest BCUT2D eigenvalue weighted by molar-refractivity contribution is 6.42. The molecule has 0 bridgehead atoms. The largest absolute Gasteiger partial charge is 0.388 e. The molecule has 1 aliphatic rings. The molecule has 1 aromatic carbocycles. The summed E-state index contributed by atoms with van der Waals surface area (Å²) in [6.07, 6.45) is 3.65. The van der Waals surface area contributed by atoms with E-state index in [1.54, 1.807) is 24.3 Å². The summed E-state index contributed by atoms with van der Waals surface area (Å²) in [6.45, 7) is 0.945. The number of carbonyl (C=O) groups is 1. The molecule has 1 aromatic rings. The molecule has 1 fully saturated rings. The molecular formula is C12H11Cl2NO. The van der Waals surface area contributed by atoms with Crippen LogP contribution in [-0.2, 0) is 0 Å². The van der Waals surface area contributed by atoms with Gasteiger partial charge in [0.15, 0.2) is 5.78 Å². The summed E-state index contributed by atoms with van der Waals surface area (Å²) in [7, 11) is 0. The molecule has 1 N–H and O–H groups in total. The Hall–Kier alpha value is -0.990. The fourth-order valence-electron chi connectivity index (χ4n) is 1.63. The quantitative estimate of drug-likeness (QED) is 0.648. The van der Waals surface area contributed by atoms with Crippen molar-refractivity contribution in [3.8, 4) is 0 Å².